The summed E-state index contributed by atoms with van der Waals surface area (Å²) in [5, 5.41) is 0. The van der Waals surface area contributed by atoms with Gasteiger partial charge in [-0.05, 0) is 55.2 Å². The maximum atomic E-state index is 12.5. The second-order valence-electron chi connectivity index (χ2n) is 7.00. The Bertz CT molecular complexity index is 815. The fourth-order valence-corrected chi connectivity index (χ4v) is 3.46. The zero-order valence-corrected chi connectivity index (χ0v) is 16.6. The molecule has 6 nitrogen and oxygen atoms in total. The lowest BCUT2D eigenvalue weighted by atomic mass is 9.99. The van der Waals surface area contributed by atoms with E-state index in [2.05, 4.69) is 11.8 Å². The molecule has 0 bridgehead atoms. The molecule has 1 saturated heterocycles. The Morgan fingerprint density at radius 3 is 2.14 bits per heavy atom. The van der Waals surface area contributed by atoms with Crippen LogP contribution in [0.3, 0.4) is 0 Å². The van der Waals surface area contributed by atoms with Gasteiger partial charge in [0.25, 0.3) is 0 Å². The predicted octanol–water partition coefficient (Wildman–Crippen LogP) is 3.41. The molecular formula is C22H26N2O4. The summed E-state index contributed by atoms with van der Waals surface area (Å²) in [5.41, 5.74) is 2.19. The van der Waals surface area contributed by atoms with E-state index in [4.69, 9.17) is 9.47 Å². The van der Waals surface area contributed by atoms with Crippen LogP contribution in [0, 0.1) is 5.92 Å². The standard InChI is InChI=1S/C22H26N2O4/c1-16-11-14-23(15-12-16)17-7-9-18(10-8-17)24-13-5-4-6-19(21(25)27-2)20(24)22(26)28-3/h4-10,13,16H,11-12,14-15H2,1-3H3. The lowest BCUT2D eigenvalue weighted by molar-refractivity contribution is -0.139. The molecule has 1 aromatic carbocycles. The van der Waals surface area contributed by atoms with Gasteiger partial charge in [-0.1, -0.05) is 13.0 Å². The number of anilines is 2. The first-order chi connectivity index (χ1) is 13.5. The van der Waals surface area contributed by atoms with Crippen molar-refractivity contribution in [3.8, 4) is 0 Å². The summed E-state index contributed by atoms with van der Waals surface area (Å²) >= 11 is 0. The number of carbonyl (C=O) groups excluding carboxylic acids is 2. The SMILES string of the molecule is COC(=O)C1=C(C(=O)OC)N(c2ccc(N3CCC(C)CC3)cc2)C=CC=C1. The van der Waals surface area contributed by atoms with E-state index in [1.54, 1.807) is 29.3 Å². The van der Waals surface area contributed by atoms with Crippen molar-refractivity contribution in [1.82, 2.24) is 0 Å². The molecule has 0 unspecified atom stereocenters. The van der Waals surface area contributed by atoms with Crippen molar-refractivity contribution in [1.29, 1.82) is 0 Å². The number of hydrogen-bond donors (Lipinski definition) is 0. The summed E-state index contributed by atoms with van der Waals surface area (Å²) in [6.45, 7) is 4.39. The highest BCUT2D eigenvalue weighted by atomic mass is 16.5. The second-order valence-corrected chi connectivity index (χ2v) is 7.00. The molecule has 2 aliphatic rings. The van der Waals surface area contributed by atoms with E-state index >= 15 is 0 Å². The van der Waals surface area contributed by atoms with Gasteiger partial charge >= 0.3 is 11.9 Å². The maximum Gasteiger partial charge on any atom is 0.355 e. The fraction of sp³-hybridized carbons (Fsp3) is 0.364. The van der Waals surface area contributed by atoms with Gasteiger partial charge in [-0.25, -0.2) is 9.59 Å². The van der Waals surface area contributed by atoms with Crippen molar-refractivity contribution in [3.63, 3.8) is 0 Å². The number of nitrogens with zero attached hydrogens (tertiary/aromatic N) is 2. The number of methoxy groups -OCH3 is 2. The van der Waals surface area contributed by atoms with Crippen molar-refractivity contribution in [2.45, 2.75) is 19.8 Å². The van der Waals surface area contributed by atoms with Crippen molar-refractivity contribution in [3.05, 3.63) is 60.0 Å². The van der Waals surface area contributed by atoms with Crippen LogP contribution in [0.25, 0.3) is 0 Å². The highest BCUT2D eigenvalue weighted by Gasteiger charge is 2.27. The molecule has 0 aliphatic carbocycles. The maximum absolute atomic E-state index is 12.5. The Morgan fingerprint density at radius 1 is 0.929 bits per heavy atom. The number of esters is 2. The zero-order valence-electron chi connectivity index (χ0n) is 16.6. The lowest BCUT2D eigenvalue weighted by Gasteiger charge is -2.32. The number of allylic oxidation sites excluding steroid dienone is 2. The molecule has 0 aromatic heterocycles. The van der Waals surface area contributed by atoms with E-state index in [1.165, 1.54) is 27.1 Å². The van der Waals surface area contributed by atoms with Crippen LogP contribution in [-0.2, 0) is 19.1 Å². The number of piperidine rings is 1. The highest BCUT2D eigenvalue weighted by molar-refractivity contribution is 6.05. The van der Waals surface area contributed by atoms with Gasteiger partial charge in [0.2, 0.25) is 0 Å². The Balaban J connectivity index is 1.93. The summed E-state index contributed by atoms with van der Waals surface area (Å²) in [4.78, 5) is 28.7. The fourth-order valence-electron chi connectivity index (χ4n) is 3.46. The molecule has 0 amide bonds. The molecule has 0 saturated carbocycles. The van der Waals surface area contributed by atoms with Crippen LogP contribution in [0.1, 0.15) is 19.8 Å². The number of hydrogen-bond acceptors (Lipinski definition) is 6. The Kier molecular flexibility index (Phi) is 6.19. The second kappa shape index (κ2) is 8.78. The molecule has 0 atom stereocenters. The van der Waals surface area contributed by atoms with Gasteiger partial charge in [0.05, 0.1) is 19.8 Å². The highest BCUT2D eigenvalue weighted by Crippen LogP contribution is 2.29. The Morgan fingerprint density at radius 2 is 1.54 bits per heavy atom. The van der Waals surface area contributed by atoms with E-state index in [0.717, 1.165) is 30.4 Å². The van der Waals surface area contributed by atoms with E-state index < -0.39 is 11.9 Å². The summed E-state index contributed by atoms with van der Waals surface area (Å²) in [5.74, 6) is -0.426. The molecule has 1 fully saturated rings. The lowest BCUT2D eigenvalue weighted by Crippen LogP contribution is -2.32. The quantitative estimate of drug-likeness (QED) is 0.744. The molecule has 148 valence electrons. The zero-order chi connectivity index (χ0) is 20.1. The van der Waals surface area contributed by atoms with Gasteiger partial charge in [0, 0.05) is 30.7 Å². The molecule has 3 rings (SSSR count). The number of carbonyl (C=O) groups is 2. The first-order valence-corrected chi connectivity index (χ1v) is 9.45. The molecule has 0 N–H and O–H groups in total. The average molecular weight is 382 g/mol. The predicted molar refractivity (Wildman–Crippen MR) is 109 cm³/mol. The smallest absolute Gasteiger partial charge is 0.355 e. The summed E-state index contributed by atoms with van der Waals surface area (Å²) in [7, 11) is 2.58. The molecule has 1 aromatic rings. The monoisotopic (exact) mass is 382 g/mol. The largest absolute Gasteiger partial charge is 0.465 e. The molecule has 2 aliphatic heterocycles. The summed E-state index contributed by atoms with van der Waals surface area (Å²) < 4.78 is 9.77. The summed E-state index contributed by atoms with van der Waals surface area (Å²) in [6.07, 6.45) is 9.13. The minimum atomic E-state index is -0.606. The molecule has 28 heavy (non-hydrogen) atoms. The van der Waals surface area contributed by atoms with Crippen molar-refractivity contribution >= 4 is 23.3 Å². The van der Waals surface area contributed by atoms with E-state index in [9.17, 15) is 9.59 Å². The van der Waals surface area contributed by atoms with Gasteiger partial charge in [-0.2, -0.15) is 0 Å². The van der Waals surface area contributed by atoms with Gasteiger partial charge in [0.1, 0.15) is 5.70 Å². The van der Waals surface area contributed by atoms with Crippen molar-refractivity contribution in [2.75, 3.05) is 37.1 Å². The van der Waals surface area contributed by atoms with Gasteiger partial charge < -0.3 is 19.3 Å². The van der Waals surface area contributed by atoms with Gasteiger partial charge in [-0.3, -0.25) is 0 Å². The number of rotatable bonds is 4. The first-order valence-electron chi connectivity index (χ1n) is 9.45. The van der Waals surface area contributed by atoms with Crippen LogP contribution < -0.4 is 9.80 Å². The van der Waals surface area contributed by atoms with E-state index in [1.807, 2.05) is 24.3 Å². The Hall–Kier alpha value is -3.02. The third-order valence-corrected chi connectivity index (χ3v) is 5.17. The minimum Gasteiger partial charge on any atom is -0.465 e. The topological polar surface area (TPSA) is 59.1 Å². The van der Waals surface area contributed by atoms with Gasteiger partial charge in [0.15, 0.2) is 0 Å². The molecule has 2 heterocycles. The van der Waals surface area contributed by atoms with Crippen molar-refractivity contribution < 1.29 is 19.1 Å². The van der Waals surface area contributed by atoms with Crippen LogP contribution in [0.2, 0.25) is 0 Å². The Labute approximate surface area is 165 Å². The molecule has 6 heteroatoms. The van der Waals surface area contributed by atoms with E-state index in [0.29, 0.717) is 0 Å². The minimum absolute atomic E-state index is 0.124. The van der Waals surface area contributed by atoms with E-state index in [-0.39, 0.29) is 11.3 Å². The molecular weight excluding hydrogens is 356 g/mol. The van der Waals surface area contributed by atoms with Crippen LogP contribution in [0.4, 0.5) is 11.4 Å². The number of benzene rings is 1. The van der Waals surface area contributed by atoms with Crippen molar-refractivity contribution in [2.24, 2.45) is 5.92 Å². The average Bonchev–Trinajstić information content (AvgIpc) is 2.96. The van der Waals surface area contributed by atoms with Crippen LogP contribution in [0.5, 0.6) is 0 Å². The van der Waals surface area contributed by atoms with Gasteiger partial charge in [-0.15, -0.1) is 0 Å². The van der Waals surface area contributed by atoms with Crippen LogP contribution in [-0.4, -0.2) is 39.2 Å². The third kappa shape index (κ3) is 4.11. The molecule has 0 spiro atoms. The number of ether oxygens (including phenoxy) is 2. The normalized spacial score (nSPS) is 17.5. The third-order valence-electron chi connectivity index (χ3n) is 5.17. The van der Waals surface area contributed by atoms with Crippen LogP contribution in [0.15, 0.2) is 60.0 Å². The van der Waals surface area contributed by atoms with Crippen LogP contribution >= 0.6 is 0 Å². The molecule has 0 radical (unpaired) electrons. The first kappa shape index (κ1) is 19.7. The summed E-state index contributed by atoms with van der Waals surface area (Å²) in [6, 6.07) is 7.98.